The highest BCUT2D eigenvalue weighted by atomic mass is 32.2. The third kappa shape index (κ3) is 4.50. The van der Waals surface area contributed by atoms with Crippen molar-refractivity contribution in [1.82, 2.24) is 19.0 Å². The van der Waals surface area contributed by atoms with Gasteiger partial charge in [0.05, 0.1) is 16.6 Å². The van der Waals surface area contributed by atoms with Gasteiger partial charge in [0.2, 0.25) is 21.4 Å². The molecule has 1 N–H and O–H groups in total. The van der Waals surface area contributed by atoms with Gasteiger partial charge in [-0.3, -0.25) is 14.3 Å². The molecule has 9 nitrogen and oxygen atoms in total. The molecule has 31 heavy (non-hydrogen) atoms. The van der Waals surface area contributed by atoms with E-state index in [1.54, 1.807) is 36.4 Å². The Hall–Kier alpha value is -3.08. The van der Waals surface area contributed by atoms with Crippen LogP contribution in [0.5, 0.6) is 0 Å². The number of hydrogen-bond donors (Lipinski definition) is 1. The Bertz CT molecular complexity index is 1280. The second-order valence-electron chi connectivity index (χ2n) is 7.47. The van der Waals surface area contributed by atoms with Gasteiger partial charge in [-0.2, -0.15) is 9.40 Å². The molecule has 1 aromatic heterocycles. The fourth-order valence-corrected chi connectivity index (χ4v) is 5.00. The second kappa shape index (κ2) is 8.58. The number of fused-ring (bicyclic) bond motifs is 1. The second-order valence-corrected chi connectivity index (χ2v) is 9.40. The number of amides is 1. The van der Waals surface area contributed by atoms with E-state index in [4.69, 9.17) is 0 Å². The summed E-state index contributed by atoms with van der Waals surface area (Å²) in [7, 11) is -1.67. The molecule has 1 amide bonds. The Morgan fingerprint density at radius 2 is 1.81 bits per heavy atom. The van der Waals surface area contributed by atoms with Crippen LogP contribution in [0, 0.1) is 0 Å². The minimum Gasteiger partial charge on any atom is -0.324 e. The van der Waals surface area contributed by atoms with Crippen LogP contribution in [-0.2, 0) is 21.4 Å². The van der Waals surface area contributed by atoms with Gasteiger partial charge in [-0.15, -0.1) is 0 Å². The monoisotopic (exact) mass is 441 g/mol. The lowest BCUT2D eigenvalue weighted by Crippen LogP contribution is -2.47. The molecule has 2 aromatic carbocycles. The minimum absolute atomic E-state index is 0.115. The molecule has 2 heterocycles. The van der Waals surface area contributed by atoms with Gasteiger partial charge in [0.1, 0.15) is 6.54 Å². The SMILES string of the molecule is CN1CCN(S(=O)(=O)c2cccc(NC(=O)Cn3ncc(=O)c4ccccc43)c2)CC1. The van der Waals surface area contributed by atoms with Crippen LogP contribution in [0.15, 0.2) is 64.4 Å². The van der Waals surface area contributed by atoms with Gasteiger partial charge in [0, 0.05) is 37.3 Å². The quantitative estimate of drug-likeness (QED) is 0.633. The number of nitrogens with zero attached hydrogens (tertiary/aromatic N) is 4. The molecule has 3 aromatic rings. The van der Waals surface area contributed by atoms with Crippen LogP contribution in [0.1, 0.15) is 0 Å². The fourth-order valence-electron chi connectivity index (χ4n) is 3.54. The number of carbonyl (C=O) groups is 1. The summed E-state index contributed by atoms with van der Waals surface area (Å²) in [6, 6.07) is 13.2. The first kappa shape index (κ1) is 21.2. The summed E-state index contributed by atoms with van der Waals surface area (Å²) in [5.41, 5.74) is 0.719. The van der Waals surface area contributed by atoms with E-state index in [0.29, 0.717) is 42.8 Å². The molecule has 10 heteroatoms. The van der Waals surface area contributed by atoms with Crippen molar-refractivity contribution in [3.8, 4) is 0 Å². The zero-order valence-corrected chi connectivity index (χ0v) is 17.9. The largest absolute Gasteiger partial charge is 0.324 e. The van der Waals surface area contributed by atoms with Gasteiger partial charge in [-0.05, 0) is 37.4 Å². The maximum atomic E-state index is 13.0. The number of nitrogens with one attached hydrogen (secondary N) is 1. The van der Waals surface area contributed by atoms with Crippen LogP contribution in [0.2, 0.25) is 0 Å². The Morgan fingerprint density at radius 3 is 2.58 bits per heavy atom. The number of piperazine rings is 1. The minimum atomic E-state index is -3.63. The lowest BCUT2D eigenvalue weighted by atomic mass is 10.2. The first-order chi connectivity index (χ1) is 14.8. The highest BCUT2D eigenvalue weighted by molar-refractivity contribution is 7.89. The predicted molar refractivity (Wildman–Crippen MR) is 117 cm³/mol. The average Bonchev–Trinajstić information content (AvgIpc) is 2.76. The van der Waals surface area contributed by atoms with E-state index in [0.717, 1.165) is 0 Å². The van der Waals surface area contributed by atoms with E-state index < -0.39 is 10.0 Å². The Labute approximate surface area is 179 Å². The van der Waals surface area contributed by atoms with Crippen LogP contribution >= 0.6 is 0 Å². The summed E-state index contributed by atoms with van der Waals surface area (Å²) >= 11 is 0. The number of aromatic nitrogens is 2. The summed E-state index contributed by atoms with van der Waals surface area (Å²) in [5.74, 6) is -0.379. The van der Waals surface area contributed by atoms with Crippen molar-refractivity contribution >= 4 is 32.5 Å². The van der Waals surface area contributed by atoms with Gasteiger partial charge < -0.3 is 10.2 Å². The molecular weight excluding hydrogens is 418 g/mol. The van der Waals surface area contributed by atoms with Crippen LogP contribution in [0.4, 0.5) is 5.69 Å². The molecule has 1 aliphatic heterocycles. The lowest BCUT2D eigenvalue weighted by molar-refractivity contribution is -0.116. The predicted octanol–water partition coefficient (Wildman–Crippen LogP) is 0.971. The number of rotatable bonds is 5. The van der Waals surface area contributed by atoms with Crippen molar-refractivity contribution in [2.75, 3.05) is 38.5 Å². The van der Waals surface area contributed by atoms with Gasteiger partial charge >= 0.3 is 0 Å². The summed E-state index contributed by atoms with van der Waals surface area (Å²) in [5, 5.41) is 7.25. The normalized spacial score (nSPS) is 15.8. The van der Waals surface area contributed by atoms with Crippen LogP contribution in [-0.4, -0.2) is 66.5 Å². The van der Waals surface area contributed by atoms with Crippen LogP contribution in [0.25, 0.3) is 10.9 Å². The van der Waals surface area contributed by atoms with E-state index in [9.17, 15) is 18.0 Å². The number of para-hydroxylation sites is 1. The maximum absolute atomic E-state index is 13.0. The summed E-state index contributed by atoms with van der Waals surface area (Å²) in [6.07, 6.45) is 1.18. The first-order valence-corrected chi connectivity index (χ1v) is 11.3. The van der Waals surface area contributed by atoms with E-state index in [1.165, 1.54) is 27.3 Å². The summed E-state index contributed by atoms with van der Waals surface area (Å²) < 4.78 is 28.8. The molecule has 0 unspecified atom stereocenters. The van der Waals surface area contributed by atoms with Crippen LogP contribution < -0.4 is 10.7 Å². The van der Waals surface area contributed by atoms with E-state index >= 15 is 0 Å². The molecule has 162 valence electrons. The Morgan fingerprint density at radius 1 is 1.06 bits per heavy atom. The number of carbonyl (C=O) groups excluding carboxylic acids is 1. The molecule has 0 saturated carbocycles. The number of likely N-dealkylation sites (N-methyl/N-ethyl adjacent to an activating group) is 1. The molecule has 4 rings (SSSR count). The smallest absolute Gasteiger partial charge is 0.246 e. The van der Waals surface area contributed by atoms with Crippen molar-refractivity contribution < 1.29 is 13.2 Å². The number of sulfonamides is 1. The third-order valence-corrected chi connectivity index (χ3v) is 7.17. The average molecular weight is 442 g/mol. The van der Waals surface area contributed by atoms with Crippen molar-refractivity contribution in [3.63, 3.8) is 0 Å². The molecule has 1 aliphatic rings. The van der Waals surface area contributed by atoms with E-state index in [-0.39, 0.29) is 22.8 Å². The van der Waals surface area contributed by atoms with Gasteiger partial charge in [-0.25, -0.2) is 8.42 Å². The Balaban J connectivity index is 1.51. The molecule has 0 aliphatic carbocycles. The van der Waals surface area contributed by atoms with Gasteiger partial charge in [0.25, 0.3) is 0 Å². The zero-order chi connectivity index (χ0) is 22.0. The van der Waals surface area contributed by atoms with Gasteiger partial charge in [-0.1, -0.05) is 18.2 Å². The topological polar surface area (TPSA) is 105 Å². The molecule has 0 bridgehead atoms. The zero-order valence-electron chi connectivity index (χ0n) is 17.1. The fraction of sp³-hybridized carbons (Fsp3) is 0.286. The standard InChI is InChI=1S/C21H23N5O4S/c1-24-9-11-25(12-10-24)31(29,30)17-6-4-5-16(13-17)23-21(28)15-26-19-8-3-2-7-18(19)20(27)14-22-26/h2-8,13-14H,9-12,15H2,1H3,(H,23,28). The molecule has 1 fully saturated rings. The third-order valence-electron chi connectivity index (χ3n) is 5.27. The molecule has 0 radical (unpaired) electrons. The molecule has 1 saturated heterocycles. The van der Waals surface area contributed by atoms with E-state index in [1.807, 2.05) is 7.05 Å². The highest BCUT2D eigenvalue weighted by Gasteiger charge is 2.27. The number of benzene rings is 2. The molecular formula is C21H23N5O4S. The lowest BCUT2D eigenvalue weighted by Gasteiger charge is -2.31. The van der Waals surface area contributed by atoms with Crippen molar-refractivity contribution in [2.24, 2.45) is 0 Å². The van der Waals surface area contributed by atoms with Crippen molar-refractivity contribution in [1.29, 1.82) is 0 Å². The van der Waals surface area contributed by atoms with Crippen molar-refractivity contribution in [3.05, 3.63) is 65.0 Å². The molecule has 0 atom stereocenters. The van der Waals surface area contributed by atoms with E-state index in [2.05, 4.69) is 15.3 Å². The summed E-state index contributed by atoms with van der Waals surface area (Å²) in [6.45, 7) is 2.10. The summed E-state index contributed by atoms with van der Waals surface area (Å²) in [4.78, 5) is 26.8. The first-order valence-electron chi connectivity index (χ1n) is 9.88. The number of anilines is 1. The van der Waals surface area contributed by atoms with Crippen molar-refractivity contribution in [2.45, 2.75) is 11.4 Å². The Kier molecular flexibility index (Phi) is 5.86. The van der Waals surface area contributed by atoms with Gasteiger partial charge in [0.15, 0.2) is 0 Å². The maximum Gasteiger partial charge on any atom is 0.246 e. The van der Waals surface area contributed by atoms with Crippen LogP contribution in [0.3, 0.4) is 0 Å². The highest BCUT2D eigenvalue weighted by Crippen LogP contribution is 2.21. The number of hydrogen-bond acceptors (Lipinski definition) is 6. The molecule has 0 spiro atoms.